The van der Waals surface area contributed by atoms with E-state index in [4.69, 9.17) is 0 Å². The number of hydrogen-bond acceptors (Lipinski definition) is 3. The molecule has 1 rings (SSSR count). The van der Waals surface area contributed by atoms with Crippen LogP contribution >= 0.6 is 11.8 Å². The molecule has 0 bridgehead atoms. The van der Waals surface area contributed by atoms with E-state index in [-0.39, 0.29) is 5.91 Å². The molecule has 1 amide bonds. The highest BCUT2D eigenvalue weighted by molar-refractivity contribution is 7.98. The minimum absolute atomic E-state index is 0.212. The van der Waals surface area contributed by atoms with Crippen molar-refractivity contribution in [1.29, 1.82) is 0 Å². The van der Waals surface area contributed by atoms with E-state index < -0.39 is 0 Å². The Morgan fingerprint density at radius 2 is 2.19 bits per heavy atom. The van der Waals surface area contributed by atoms with Gasteiger partial charge in [0.05, 0.1) is 0 Å². The van der Waals surface area contributed by atoms with Gasteiger partial charge in [-0.1, -0.05) is 12.8 Å². The van der Waals surface area contributed by atoms with Gasteiger partial charge >= 0.3 is 0 Å². The van der Waals surface area contributed by atoms with Crippen molar-refractivity contribution in [3.05, 3.63) is 0 Å². The maximum atomic E-state index is 10.9. The van der Waals surface area contributed by atoms with Crippen LogP contribution in [0.15, 0.2) is 0 Å². The summed E-state index contributed by atoms with van der Waals surface area (Å²) in [4.78, 5) is 10.9. The van der Waals surface area contributed by atoms with Crippen LogP contribution < -0.4 is 10.6 Å². The number of amides is 1. The minimum Gasteiger partial charge on any atom is -0.352 e. The van der Waals surface area contributed by atoms with Gasteiger partial charge in [0.1, 0.15) is 0 Å². The first-order valence-electron chi connectivity index (χ1n) is 6.32. The van der Waals surface area contributed by atoms with E-state index in [2.05, 4.69) is 16.9 Å². The summed E-state index contributed by atoms with van der Waals surface area (Å²) in [6, 6.07) is 0.379. The van der Waals surface area contributed by atoms with Crippen molar-refractivity contribution in [2.75, 3.05) is 25.1 Å². The van der Waals surface area contributed by atoms with Crippen LogP contribution in [-0.4, -0.2) is 37.0 Å². The molecule has 1 unspecified atom stereocenters. The molecule has 0 aromatic carbocycles. The average Bonchev–Trinajstić information content (AvgIpc) is 2.68. The molecular formula is C12H24N2OS. The number of rotatable bonds is 9. The second-order valence-corrected chi connectivity index (χ2v) is 5.40. The highest BCUT2D eigenvalue weighted by Gasteiger charge is 2.19. The first kappa shape index (κ1) is 13.8. The SMILES string of the molecule is CSCCCCCCNCC1CCC(=O)N1. The Morgan fingerprint density at radius 3 is 2.88 bits per heavy atom. The lowest BCUT2D eigenvalue weighted by Gasteiger charge is -2.10. The van der Waals surface area contributed by atoms with Gasteiger partial charge in [0.25, 0.3) is 0 Å². The molecule has 1 heterocycles. The fourth-order valence-corrected chi connectivity index (χ4v) is 2.45. The van der Waals surface area contributed by atoms with Gasteiger partial charge in [-0.05, 0) is 37.8 Å². The molecule has 4 heteroatoms. The lowest BCUT2D eigenvalue weighted by Crippen LogP contribution is -2.35. The number of thioether (sulfide) groups is 1. The van der Waals surface area contributed by atoms with Crippen molar-refractivity contribution in [2.24, 2.45) is 0 Å². The van der Waals surface area contributed by atoms with E-state index in [1.54, 1.807) is 0 Å². The van der Waals surface area contributed by atoms with Crippen LogP contribution in [0.3, 0.4) is 0 Å². The topological polar surface area (TPSA) is 41.1 Å². The maximum absolute atomic E-state index is 10.9. The van der Waals surface area contributed by atoms with Gasteiger partial charge in [0.15, 0.2) is 0 Å². The number of unbranched alkanes of at least 4 members (excludes halogenated alkanes) is 3. The molecule has 2 N–H and O–H groups in total. The van der Waals surface area contributed by atoms with Crippen molar-refractivity contribution in [3.8, 4) is 0 Å². The third-order valence-corrected chi connectivity index (χ3v) is 3.62. The summed E-state index contributed by atoms with van der Waals surface area (Å²) in [6.07, 6.45) is 9.15. The van der Waals surface area contributed by atoms with Crippen molar-refractivity contribution in [3.63, 3.8) is 0 Å². The molecule has 0 saturated carbocycles. The molecule has 16 heavy (non-hydrogen) atoms. The monoisotopic (exact) mass is 244 g/mol. The van der Waals surface area contributed by atoms with E-state index in [1.165, 1.54) is 31.4 Å². The third kappa shape index (κ3) is 6.38. The Labute approximate surface area is 103 Å². The molecule has 1 fully saturated rings. The zero-order valence-electron chi connectivity index (χ0n) is 10.3. The first-order chi connectivity index (χ1) is 7.83. The van der Waals surface area contributed by atoms with Crippen molar-refractivity contribution in [1.82, 2.24) is 10.6 Å². The molecule has 0 aliphatic carbocycles. The summed E-state index contributed by atoms with van der Waals surface area (Å²) in [5.74, 6) is 1.51. The van der Waals surface area contributed by atoms with Crippen LogP contribution in [-0.2, 0) is 4.79 Å². The molecule has 0 radical (unpaired) electrons. The predicted octanol–water partition coefficient (Wildman–Crippen LogP) is 1.78. The van der Waals surface area contributed by atoms with Crippen molar-refractivity contribution < 1.29 is 4.79 Å². The summed E-state index contributed by atoms with van der Waals surface area (Å²) in [5.41, 5.74) is 0. The summed E-state index contributed by atoms with van der Waals surface area (Å²) < 4.78 is 0. The molecule has 1 atom stereocenters. The highest BCUT2D eigenvalue weighted by atomic mass is 32.2. The molecule has 0 aromatic heterocycles. The van der Waals surface area contributed by atoms with Crippen LogP contribution in [0.2, 0.25) is 0 Å². The molecule has 0 aromatic rings. The van der Waals surface area contributed by atoms with Gasteiger partial charge in [-0.25, -0.2) is 0 Å². The Kier molecular flexibility index (Phi) is 7.68. The van der Waals surface area contributed by atoms with E-state index in [1.807, 2.05) is 11.8 Å². The Hall–Kier alpha value is -0.220. The summed E-state index contributed by atoms with van der Waals surface area (Å²) in [5, 5.41) is 6.39. The molecule has 94 valence electrons. The zero-order chi connectivity index (χ0) is 11.6. The summed E-state index contributed by atoms with van der Waals surface area (Å²) in [6.45, 7) is 2.03. The van der Waals surface area contributed by atoms with Crippen LogP contribution in [0.25, 0.3) is 0 Å². The third-order valence-electron chi connectivity index (χ3n) is 2.93. The second-order valence-electron chi connectivity index (χ2n) is 4.41. The normalized spacial score (nSPS) is 20.1. The lowest BCUT2D eigenvalue weighted by atomic mass is 10.2. The fourth-order valence-electron chi connectivity index (χ4n) is 1.96. The zero-order valence-corrected chi connectivity index (χ0v) is 11.1. The molecule has 1 aliphatic rings. The quantitative estimate of drug-likeness (QED) is 0.608. The number of hydrogen-bond donors (Lipinski definition) is 2. The number of nitrogens with one attached hydrogen (secondary N) is 2. The Morgan fingerprint density at radius 1 is 1.38 bits per heavy atom. The van der Waals surface area contributed by atoms with Gasteiger partial charge in [0, 0.05) is 19.0 Å². The summed E-state index contributed by atoms with van der Waals surface area (Å²) in [7, 11) is 0. The van der Waals surface area contributed by atoms with Gasteiger partial charge in [-0.15, -0.1) is 0 Å². The van der Waals surface area contributed by atoms with Gasteiger partial charge in [-0.3, -0.25) is 4.79 Å². The van der Waals surface area contributed by atoms with Crippen LogP contribution in [0.4, 0.5) is 0 Å². The first-order valence-corrected chi connectivity index (χ1v) is 7.71. The van der Waals surface area contributed by atoms with Gasteiger partial charge in [-0.2, -0.15) is 11.8 Å². The Bertz CT molecular complexity index is 199. The standard InChI is InChI=1S/C12H24N2OS/c1-16-9-5-3-2-4-8-13-10-11-6-7-12(15)14-11/h11,13H,2-10H2,1H3,(H,14,15). The second kappa shape index (κ2) is 8.88. The molecule has 3 nitrogen and oxygen atoms in total. The van der Waals surface area contributed by atoms with E-state index in [9.17, 15) is 4.79 Å². The number of carbonyl (C=O) groups is 1. The van der Waals surface area contributed by atoms with Crippen molar-refractivity contribution in [2.45, 2.75) is 44.6 Å². The highest BCUT2D eigenvalue weighted by Crippen LogP contribution is 2.06. The largest absolute Gasteiger partial charge is 0.352 e. The van der Waals surface area contributed by atoms with Gasteiger partial charge in [0.2, 0.25) is 5.91 Å². The smallest absolute Gasteiger partial charge is 0.220 e. The van der Waals surface area contributed by atoms with Crippen LogP contribution in [0, 0.1) is 0 Å². The molecule has 1 saturated heterocycles. The molecular weight excluding hydrogens is 220 g/mol. The van der Waals surface area contributed by atoms with Crippen LogP contribution in [0.1, 0.15) is 38.5 Å². The van der Waals surface area contributed by atoms with Crippen molar-refractivity contribution >= 4 is 17.7 Å². The lowest BCUT2D eigenvalue weighted by molar-refractivity contribution is -0.119. The van der Waals surface area contributed by atoms with Gasteiger partial charge < -0.3 is 10.6 Å². The maximum Gasteiger partial charge on any atom is 0.220 e. The molecule has 1 aliphatic heterocycles. The molecule has 0 spiro atoms. The minimum atomic E-state index is 0.212. The Balaban J connectivity index is 1.79. The van der Waals surface area contributed by atoms with E-state index in [0.717, 1.165) is 19.5 Å². The van der Waals surface area contributed by atoms with E-state index >= 15 is 0 Å². The predicted molar refractivity (Wildman–Crippen MR) is 70.9 cm³/mol. The van der Waals surface area contributed by atoms with E-state index in [0.29, 0.717) is 12.5 Å². The fraction of sp³-hybridized carbons (Fsp3) is 0.917. The average molecular weight is 244 g/mol. The summed E-state index contributed by atoms with van der Waals surface area (Å²) >= 11 is 1.93. The van der Waals surface area contributed by atoms with Crippen LogP contribution in [0.5, 0.6) is 0 Å². The number of carbonyl (C=O) groups excluding carboxylic acids is 1.